The Bertz CT molecular complexity index is 914. The molecule has 0 saturated carbocycles. The molecule has 0 spiro atoms. The minimum atomic E-state index is -0.344. The molecule has 0 aliphatic rings. The number of ether oxygens (including phenoxy) is 1. The molecular weight excluding hydrogens is 359 g/mol. The van der Waals surface area contributed by atoms with Crippen LogP contribution in [0.15, 0.2) is 60.9 Å². The molecule has 7 heteroatoms. The van der Waals surface area contributed by atoms with Crippen LogP contribution in [0.2, 0.25) is 0 Å². The Morgan fingerprint density at radius 1 is 1.04 bits per heavy atom. The number of hydrogen-bond acceptors (Lipinski definition) is 6. The Balaban J connectivity index is 1.55. The van der Waals surface area contributed by atoms with E-state index in [4.69, 9.17) is 4.74 Å². The summed E-state index contributed by atoms with van der Waals surface area (Å²) in [4.78, 5) is 20.1. The molecule has 1 aromatic heterocycles. The molecule has 0 bridgehead atoms. The molecule has 3 aromatic rings. The number of esters is 1. The number of benzene rings is 2. The van der Waals surface area contributed by atoms with E-state index in [9.17, 15) is 9.18 Å². The monoisotopic (exact) mass is 380 g/mol. The van der Waals surface area contributed by atoms with E-state index in [2.05, 4.69) is 20.6 Å². The van der Waals surface area contributed by atoms with Crippen LogP contribution >= 0.6 is 0 Å². The first-order valence-electron chi connectivity index (χ1n) is 8.98. The van der Waals surface area contributed by atoms with Crippen LogP contribution in [0.4, 0.5) is 21.7 Å². The van der Waals surface area contributed by atoms with Crippen LogP contribution in [0.1, 0.15) is 22.8 Å². The van der Waals surface area contributed by atoms with Gasteiger partial charge in [0.25, 0.3) is 0 Å². The average Bonchev–Trinajstić information content (AvgIpc) is 2.71. The van der Waals surface area contributed by atoms with Crippen molar-refractivity contribution in [3.05, 3.63) is 77.9 Å². The highest BCUT2D eigenvalue weighted by atomic mass is 19.1. The summed E-state index contributed by atoms with van der Waals surface area (Å²) in [6.07, 6.45) is 2.22. The maximum absolute atomic E-state index is 12.9. The van der Waals surface area contributed by atoms with Gasteiger partial charge in [-0.3, -0.25) is 0 Å². The zero-order valence-corrected chi connectivity index (χ0v) is 15.5. The molecule has 0 radical (unpaired) electrons. The molecular formula is C21H21FN4O2. The number of carbonyl (C=O) groups excluding carboxylic acids is 1. The van der Waals surface area contributed by atoms with Gasteiger partial charge in [-0.1, -0.05) is 12.1 Å². The number of rotatable bonds is 8. The zero-order chi connectivity index (χ0) is 19.8. The lowest BCUT2D eigenvalue weighted by Crippen LogP contribution is -2.07. The summed E-state index contributed by atoms with van der Waals surface area (Å²) in [5, 5.41) is 6.40. The fourth-order valence-electron chi connectivity index (χ4n) is 2.56. The van der Waals surface area contributed by atoms with E-state index in [0.29, 0.717) is 30.4 Å². The number of halogens is 1. The van der Waals surface area contributed by atoms with E-state index in [-0.39, 0.29) is 11.8 Å². The quantitative estimate of drug-likeness (QED) is 0.571. The van der Waals surface area contributed by atoms with E-state index >= 15 is 0 Å². The first kappa shape index (κ1) is 19.3. The van der Waals surface area contributed by atoms with Gasteiger partial charge in [-0.2, -0.15) is 0 Å². The smallest absolute Gasteiger partial charge is 0.338 e. The summed E-state index contributed by atoms with van der Waals surface area (Å²) in [5.41, 5.74) is 2.34. The van der Waals surface area contributed by atoms with Crippen molar-refractivity contribution < 1.29 is 13.9 Å². The number of hydrogen-bond donors (Lipinski definition) is 2. The van der Waals surface area contributed by atoms with Gasteiger partial charge >= 0.3 is 5.97 Å². The van der Waals surface area contributed by atoms with E-state index in [1.165, 1.54) is 18.5 Å². The first-order chi connectivity index (χ1) is 13.6. The van der Waals surface area contributed by atoms with Gasteiger partial charge in [0.05, 0.1) is 12.2 Å². The predicted octanol–water partition coefficient (Wildman–Crippen LogP) is 4.19. The maximum atomic E-state index is 12.9. The number of nitrogens with zero attached hydrogens (tertiary/aromatic N) is 2. The topological polar surface area (TPSA) is 76.1 Å². The van der Waals surface area contributed by atoms with Gasteiger partial charge in [0.2, 0.25) is 0 Å². The van der Waals surface area contributed by atoms with Gasteiger partial charge in [-0.25, -0.2) is 19.2 Å². The molecule has 0 unspecified atom stereocenters. The van der Waals surface area contributed by atoms with Crippen LogP contribution in [-0.4, -0.2) is 29.1 Å². The van der Waals surface area contributed by atoms with Crippen molar-refractivity contribution in [2.24, 2.45) is 0 Å². The molecule has 6 nitrogen and oxygen atoms in total. The molecule has 0 fully saturated rings. The van der Waals surface area contributed by atoms with Crippen LogP contribution < -0.4 is 10.6 Å². The van der Waals surface area contributed by atoms with Crippen molar-refractivity contribution in [3.63, 3.8) is 0 Å². The summed E-state index contributed by atoms with van der Waals surface area (Å²) >= 11 is 0. The van der Waals surface area contributed by atoms with Crippen LogP contribution in [0.3, 0.4) is 0 Å². The number of anilines is 3. The molecule has 0 saturated heterocycles. The van der Waals surface area contributed by atoms with Gasteiger partial charge in [0.1, 0.15) is 23.8 Å². The number of nitrogens with one attached hydrogen (secondary N) is 2. The standard InChI is InChI=1S/C21H21FN4O2/c1-2-28-21(27)16-5-9-18(10-6-16)26-20-13-19(24-14-25-20)23-12-11-15-3-7-17(22)8-4-15/h3-10,13-14H,2,11-12H2,1H3,(H2,23,24,25,26). The third-order valence-corrected chi connectivity index (χ3v) is 3.97. The molecule has 2 aromatic carbocycles. The van der Waals surface area contributed by atoms with Crippen molar-refractivity contribution in [3.8, 4) is 0 Å². The second kappa shape index (κ2) is 9.45. The number of carbonyl (C=O) groups is 1. The van der Waals surface area contributed by atoms with Crippen molar-refractivity contribution in [1.29, 1.82) is 0 Å². The SMILES string of the molecule is CCOC(=O)c1ccc(Nc2cc(NCCc3ccc(F)cc3)ncn2)cc1. The number of aromatic nitrogens is 2. The van der Waals surface area contributed by atoms with Crippen molar-refractivity contribution in [1.82, 2.24) is 9.97 Å². The highest BCUT2D eigenvalue weighted by Crippen LogP contribution is 2.17. The highest BCUT2D eigenvalue weighted by molar-refractivity contribution is 5.89. The second-order valence-corrected chi connectivity index (χ2v) is 6.01. The molecule has 0 aliphatic heterocycles. The van der Waals surface area contributed by atoms with Crippen LogP contribution in [-0.2, 0) is 11.2 Å². The third-order valence-electron chi connectivity index (χ3n) is 3.97. The van der Waals surface area contributed by atoms with E-state index in [1.54, 1.807) is 49.4 Å². The van der Waals surface area contributed by atoms with Crippen LogP contribution in [0.5, 0.6) is 0 Å². The molecule has 2 N–H and O–H groups in total. The minimum absolute atomic E-state index is 0.237. The van der Waals surface area contributed by atoms with Crippen molar-refractivity contribution >= 4 is 23.3 Å². The Kier molecular flexibility index (Phi) is 6.51. The predicted molar refractivity (Wildman–Crippen MR) is 106 cm³/mol. The summed E-state index contributed by atoms with van der Waals surface area (Å²) in [6.45, 7) is 2.78. The highest BCUT2D eigenvalue weighted by Gasteiger charge is 2.06. The fourth-order valence-corrected chi connectivity index (χ4v) is 2.56. The summed E-state index contributed by atoms with van der Waals surface area (Å²) < 4.78 is 17.9. The van der Waals surface area contributed by atoms with Gasteiger partial charge in [-0.15, -0.1) is 0 Å². The molecule has 28 heavy (non-hydrogen) atoms. The van der Waals surface area contributed by atoms with Gasteiger partial charge < -0.3 is 15.4 Å². The molecule has 0 atom stereocenters. The Morgan fingerprint density at radius 3 is 2.46 bits per heavy atom. The minimum Gasteiger partial charge on any atom is -0.462 e. The molecule has 0 amide bonds. The van der Waals surface area contributed by atoms with Crippen molar-refractivity contribution in [2.45, 2.75) is 13.3 Å². The Morgan fingerprint density at radius 2 is 1.75 bits per heavy atom. The van der Waals surface area contributed by atoms with Gasteiger partial charge in [0.15, 0.2) is 0 Å². The molecule has 144 valence electrons. The van der Waals surface area contributed by atoms with E-state index in [0.717, 1.165) is 17.7 Å². The van der Waals surface area contributed by atoms with Crippen LogP contribution in [0.25, 0.3) is 0 Å². The summed E-state index contributed by atoms with van der Waals surface area (Å²) in [7, 11) is 0. The zero-order valence-electron chi connectivity index (χ0n) is 15.5. The summed E-state index contributed by atoms with van der Waals surface area (Å²) in [6, 6.07) is 15.2. The normalized spacial score (nSPS) is 10.4. The Hall–Kier alpha value is -3.48. The molecule has 1 heterocycles. The largest absolute Gasteiger partial charge is 0.462 e. The molecule has 0 aliphatic carbocycles. The fraction of sp³-hybridized carbons (Fsp3) is 0.190. The molecule has 3 rings (SSSR count). The van der Waals surface area contributed by atoms with Gasteiger partial charge in [0, 0.05) is 18.3 Å². The van der Waals surface area contributed by atoms with E-state index in [1.807, 2.05) is 0 Å². The lowest BCUT2D eigenvalue weighted by molar-refractivity contribution is 0.0526. The maximum Gasteiger partial charge on any atom is 0.338 e. The lowest BCUT2D eigenvalue weighted by atomic mass is 10.1. The van der Waals surface area contributed by atoms with E-state index < -0.39 is 0 Å². The van der Waals surface area contributed by atoms with Crippen LogP contribution in [0, 0.1) is 5.82 Å². The third kappa shape index (κ3) is 5.51. The Labute approximate surface area is 162 Å². The summed E-state index contributed by atoms with van der Waals surface area (Å²) in [5.74, 6) is 0.730. The van der Waals surface area contributed by atoms with Crippen molar-refractivity contribution in [2.75, 3.05) is 23.8 Å². The van der Waals surface area contributed by atoms with Gasteiger partial charge in [-0.05, 0) is 55.3 Å². The second-order valence-electron chi connectivity index (χ2n) is 6.01. The average molecular weight is 380 g/mol. The first-order valence-corrected chi connectivity index (χ1v) is 8.98. The lowest BCUT2D eigenvalue weighted by Gasteiger charge is -2.09.